The lowest BCUT2D eigenvalue weighted by Gasteiger charge is -1.99. The van der Waals surface area contributed by atoms with E-state index in [1.54, 1.807) is 0 Å². The fourth-order valence-corrected chi connectivity index (χ4v) is 1.45. The number of hydrogen-bond donors (Lipinski definition) is 2. The van der Waals surface area contributed by atoms with Gasteiger partial charge in [-0.25, -0.2) is 5.84 Å². The molecule has 0 aliphatic carbocycles. The number of nitrogens with one attached hydrogen (secondary N) is 1. The van der Waals surface area contributed by atoms with Gasteiger partial charge in [-0.3, -0.25) is 10.2 Å². The Morgan fingerprint density at radius 1 is 1.69 bits per heavy atom. The number of thioether (sulfide) groups is 1. The molecule has 0 aliphatic heterocycles. The van der Waals surface area contributed by atoms with Crippen molar-refractivity contribution in [1.29, 1.82) is 0 Å². The van der Waals surface area contributed by atoms with Crippen LogP contribution in [0.4, 0.5) is 0 Å². The zero-order valence-corrected chi connectivity index (χ0v) is 8.26. The second-order valence-electron chi connectivity index (χ2n) is 2.44. The van der Waals surface area contributed by atoms with Crippen molar-refractivity contribution in [3.63, 3.8) is 0 Å². The molecule has 3 N–H and O–H groups in total. The summed E-state index contributed by atoms with van der Waals surface area (Å²) in [5.41, 5.74) is 2.04. The van der Waals surface area contributed by atoms with Crippen LogP contribution in [0.2, 0.25) is 0 Å². The molecule has 1 aromatic heterocycles. The smallest absolute Gasteiger partial charge is 0.244 e. The van der Waals surface area contributed by atoms with Crippen molar-refractivity contribution in [2.45, 2.75) is 12.1 Å². The molecule has 0 aliphatic rings. The Labute approximate surface area is 79.9 Å². The lowest BCUT2D eigenvalue weighted by Crippen LogP contribution is -2.31. The van der Waals surface area contributed by atoms with Crippen LogP contribution in [0, 0.1) is 6.92 Å². The summed E-state index contributed by atoms with van der Waals surface area (Å²) < 4.78 is 1.81. The van der Waals surface area contributed by atoms with Crippen LogP contribution in [0.3, 0.4) is 0 Å². The zero-order valence-electron chi connectivity index (χ0n) is 7.44. The summed E-state index contributed by atoms with van der Waals surface area (Å²) in [6.07, 6.45) is 0. The van der Waals surface area contributed by atoms with Crippen LogP contribution in [-0.2, 0) is 11.8 Å². The molecule has 0 radical (unpaired) electrons. The number of rotatable bonds is 3. The van der Waals surface area contributed by atoms with E-state index in [2.05, 4.69) is 10.2 Å². The Morgan fingerprint density at radius 2 is 2.38 bits per heavy atom. The fraction of sp³-hybridized carbons (Fsp3) is 0.500. The number of nitrogens with zero attached hydrogens (tertiary/aromatic N) is 3. The number of nitrogens with two attached hydrogens (primary N) is 1. The second kappa shape index (κ2) is 4.24. The van der Waals surface area contributed by atoms with Crippen molar-refractivity contribution in [2.24, 2.45) is 12.9 Å². The number of amides is 1. The molecule has 0 fully saturated rings. The Kier molecular flexibility index (Phi) is 3.26. The van der Waals surface area contributed by atoms with Crippen LogP contribution in [0.15, 0.2) is 5.16 Å². The number of carbonyl (C=O) groups is 1. The molecule has 0 atom stereocenters. The van der Waals surface area contributed by atoms with E-state index in [-0.39, 0.29) is 11.7 Å². The first-order valence-corrected chi connectivity index (χ1v) is 4.62. The van der Waals surface area contributed by atoms with Crippen molar-refractivity contribution in [1.82, 2.24) is 20.2 Å². The van der Waals surface area contributed by atoms with Crippen molar-refractivity contribution in [3.05, 3.63) is 5.82 Å². The van der Waals surface area contributed by atoms with Crippen LogP contribution in [0.25, 0.3) is 0 Å². The highest BCUT2D eigenvalue weighted by molar-refractivity contribution is 7.99. The van der Waals surface area contributed by atoms with Gasteiger partial charge in [-0.05, 0) is 6.92 Å². The molecule has 0 saturated carbocycles. The summed E-state index contributed by atoms with van der Waals surface area (Å²) in [7, 11) is 1.85. The first kappa shape index (κ1) is 10.0. The van der Waals surface area contributed by atoms with Crippen molar-refractivity contribution in [2.75, 3.05) is 5.75 Å². The molecular formula is C6H11N5OS. The van der Waals surface area contributed by atoms with E-state index < -0.39 is 0 Å². The molecular weight excluding hydrogens is 190 g/mol. The number of aromatic nitrogens is 3. The van der Waals surface area contributed by atoms with E-state index in [9.17, 15) is 4.79 Å². The average Bonchev–Trinajstić information content (AvgIpc) is 2.44. The van der Waals surface area contributed by atoms with E-state index >= 15 is 0 Å². The quantitative estimate of drug-likeness (QED) is 0.289. The van der Waals surface area contributed by atoms with Crippen molar-refractivity contribution < 1.29 is 4.79 Å². The summed E-state index contributed by atoms with van der Waals surface area (Å²) >= 11 is 1.30. The van der Waals surface area contributed by atoms with E-state index in [1.165, 1.54) is 11.8 Å². The SMILES string of the molecule is Cc1nnc(SCC(=O)NN)n1C. The summed E-state index contributed by atoms with van der Waals surface area (Å²) in [4.78, 5) is 10.8. The summed E-state index contributed by atoms with van der Waals surface area (Å²) in [6.45, 7) is 1.85. The van der Waals surface area contributed by atoms with Gasteiger partial charge in [0.25, 0.3) is 0 Å². The van der Waals surface area contributed by atoms with Gasteiger partial charge in [0.05, 0.1) is 5.75 Å². The largest absolute Gasteiger partial charge is 0.309 e. The number of hydrazine groups is 1. The van der Waals surface area contributed by atoms with Gasteiger partial charge in [-0.15, -0.1) is 10.2 Å². The molecule has 0 unspecified atom stereocenters. The minimum atomic E-state index is -0.231. The maximum Gasteiger partial charge on any atom is 0.244 e. The maximum absolute atomic E-state index is 10.8. The number of aryl methyl sites for hydroxylation is 1. The molecule has 6 nitrogen and oxygen atoms in total. The normalized spacial score (nSPS) is 10.1. The van der Waals surface area contributed by atoms with E-state index in [0.29, 0.717) is 5.16 Å². The molecule has 0 bridgehead atoms. The minimum absolute atomic E-state index is 0.231. The number of carbonyl (C=O) groups excluding carboxylic acids is 1. The summed E-state index contributed by atoms with van der Waals surface area (Å²) in [6, 6.07) is 0. The molecule has 13 heavy (non-hydrogen) atoms. The Balaban J connectivity index is 2.55. The highest BCUT2D eigenvalue weighted by Crippen LogP contribution is 2.14. The predicted octanol–water partition coefficient (Wildman–Crippen LogP) is -0.794. The van der Waals surface area contributed by atoms with Crippen LogP contribution in [0.5, 0.6) is 0 Å². The molecule has 7 heteroatoms. The van der Waals surface area contributed by atoms with Gasteiger partial charge in [-0.2, -0.15) is 0 Å². The summed E-state index contributed by atoms with van der Waals surface area (Å²) in [5, 5.41) is 8.44. The molecule has 1 amide bonds. The molecule has 1 rings (SSSR count). The molecule has 1 heterocycles. The first-order valence-electron chi connectivity index (χ1n) is 3.63. The zero-order chi connectivity index (χ0) is 9.84. The van der Waals surface area contributed by atoms with E-state index in [4.69, 9.17) is 5.84 Å². The first-order chi connectivity index (χ1) is 6.15. The van der Waals surface area contributed by atoms with E-state index in [1.807, 2.05) is 24.0 Å². The molecule has 0 aromatic carbocycles. The number of hydrogen-bond acceptors (Lipinski definition) is 5. The Bertz CT molecular complexity index is 310. The third-order valence-corrected chi connectivity index (χ3v) is 2.57. The topological polar surface area (TPSA) is 85.8 Å². The highest BCUT2D eigenvalue weighted by atomic mass is 32.2. The van der Waals surface area contributed by atoms with Gasteiger partial charge in [0.15, 0.2) is 5.16 Å². The van der Waals surface area contributed by atoms with Crippen molar-refractivity contribution >= 4 is 17.7 Å². The van der Waals surface area contributed by atoms with Gasteiger partial charge in [0.2, 0.25) is 5.91 Å². The van der Waals surface area contributed by atoms with Crippen LogP contribution < -0.4 is 11.3 Å². The lowest BCUT2D eigenvalue weighted by molar-refractivity contribution is -0.118. The van der Waals surface area contributed by atoms with Gasteiger partial charge >= 0.3 is 0 Å². The predicted molar refractivity (Wildman–Crippen MR) is 48.8 cm³/mol. The lowest BCUT2D eigenvalue weighted by atomic mass is 10.7. The van der Waals surface area contributed by atoms with E-state index in [0.717, 1.165) is 5.82 Å². The third-order valence-electron chi connectivity index (χ3n) is 1.55. The van der Waals surface area contributed by atoms with Crippen LogP contribution in [-0.4, -0.2) is 26.4 Å². The van der Waals surface area contributed by atoms with Gasteiger partial charge in [0.1, 0.15) is 5.82 Å². The minimum Gasteiger partial charge on any atom is -0.309 e. The molecule has 72 valence electrons. The van der Waals surface area contributed by atoms with Crippen LogP contribution in [0.1, 0.15) is 5.82 Å². The highest BCUT2D eigenvalue weighted by Gasteiger charge is 2.07. The van der Waals surface area contributed by atoms with Crippen molar-refractivity contribution in [3.8, 4) is 0 Å². The summed E-state index contributed by atoms with van der Waals surface area (Å²) in [5.74, 6) is 5.76. The Hall–Kier alpha value is -1.08. The monoisotopic (exact) mass is 201 g/mol. The molecule has 0 saturated heterocycles. The van der Waals surface area contributed by atoms with Gasteiger partial charge < -0.3 is 4.57 Å². The maximum atomic E-state index is 10.8. The molecule has 1 aromatic rings. The van der Waals surface area contributed by atoms with Gasteiger partial charge in [-0.1, -0.05) is 11.8 Å². The van der Waals surface area contributed by atoms with Crippen LogP contribution >= 0.6 is 11.8 Å². The molecule has 0 spiro atoms. The van der Waals surface area contributed by atoms with Gasteiger partial charge in [0, 0.05) is 7.05 Å². The fourth-order valence-electron chi connectivity index (χ4n) is 0.685. The standard InChI is InChI=1S/C6H11N5OS/c1-4-9-10-6(11(4)2)13-3-5(12)8-7/h3,7H2,1-2H3,(H,8,12). The third kappa shape index (κ3) is 2.43. The second-order valence-corrected chi connectivity index (χ2v) is 3.39. The average molecular weight is 201 g/mol. The Morgan fingerprint density at radius 3 is 2.85 bits per heavy atom.